The molecule has 0 bridgehead atoms. The number of aryl methyl sites for hydroxylation is 1. The number of unbranched alkanes of at least 4 members (excludes halogenated alkanes) is 2. The Morgan fingerprint density at radius 2 is 1.89 bits per heavy atom. The lowest BCUT2D eigenvalue weighted by Gasteiger charge is -2.10. The molecule has 0 aliphatic rings. The van der Waals surface area contributed by atoms with E-state index < -0.39 is 0 Å². The van der Waals surface area contributed by atoms with Gasteiger partial charge in [0.25, 0.3) is 5.91 Å². The second-order valence-corrected chi connectivity index (χ2v) is 6.88. The van der Waals surface area contributed by atoms with Gasteiger partial charge in [-0.25, -0.2) is 0 Å². The summed E-state index contributed by atoms with van der Waals surface area (Å²) in [6.45, 7) is 2.21. The predicted molar refractivity (Wildman–Crippen MR) is 115 cm³/mol. The van der Waals surface area contributed by atoms with E-state index in [4.69, 9.17) is 12.2 Å². The van der Waals surface area contributed by atoms with Gasteiger partial charge in [-0.15, -0.1) is 0 Å². The van der Waals surface area contributed by atoms with Crippen LogP contribution in [0, 0.1) is 0 Å². The Kier molecular flexibility index (Phi) is 6.49. The fourth-order valence-electron chi connectivity index (χ4n) is 2.89. The predicted octanol–water partition coefficient (Wildman–Crippen LogP) is 5.09. The molecular weight excluding hydrogens is 354 g/mol. The molecular formula is C22H23N3OS. The highest BCUT2D eigenvalue weighted by Gasteiger charge is 2.09. The lowest BCUT2D eigenvalue weighted by Crippen LogP contribution is -2.34. The fraction of sp³-hybridized carbons (Fsp3) is 0.227. The van der Waals surface area contributed by atoms with Gasteiger partial charge in [0.2, 0.25) is 0 Å². The Labute approximate surface area is 165 Å². The van der Waals surface area contributed by atoms with Crippen molar-refractivity contribution in [3.8, 4) is 0 Å². The molecule has 0 saturated carbocycles. The van der Waals surface area contributed by atoms with Crippen molar-refractivity contribution in [3.05, 3.63) is 71.9 Å². The van der Waals surface area contributed by atoms with Crippen LogP contribution in [0.1, 0.15) is 42.1 Å². The summed E-state index contributed by atoms with van der Waals surface area (Å²) >= 11 is 5.27. The van der Waals surface area contributed by atoms with Crippen LogP contribution in [0.3, 0.4) is 0 Å². The van der Waals surface area contributed by atoms with Crippen LogP contribution in [-0.4, -0.2) is 16.0 Å². The van der Waals surface area contributed by atoms with Crippen LogP contribution in [0.15, 0.2) is 60.8 Å². The van der Waals surface area contributed by atoms with Crippen LogP contribution >= 0.6 is 12.2 Å². The highest BCUT2D eigenvalue weighted by molar-refractivity contribution is 7.80. The zero-order chi connectivity index (χ0) is 19.1. The van der Waals surface area contributed by atoms with Crippen molar-refractivity contribution in [1.29, 1.82) is 0 Å². The first-order valence-corrected chi connectivity index (χ1v) is 9.62. The van der Waals surface area contributed by atoms with Gasteiger partial charge in [-0.3, -0.25) is 15.1 Å². The molecule has 0 fully saturated rings. The molecule has 0 radical (unpaired) electrons. The lowest BCUT2D eigenvalue weighted by atomic mass is 10.1. The molecule has 5 heteroatoms. The molecule has 3 rings (SSSR count). The van der Waals surface area contributed by atoms with Gasteiger partial charge in [0.1, 0.15) is 0 Å². The van der Waals surface area contributed by atoms with Crippen LogP contribution < -0.4 is 10.6 Å². The van der Waals surface area contributed by atoms with Crippen molar-refractivity contribution >= 4 is 39.8 Å². The second kappa shape index (κ2) is 9.24. The maximum absolute atomic E-state index is 12.4. The van der Waals surface area contributed by atoms with Gasteiger partial charge in [0.05, 0.1) is 5.52 Å². The maximum Gasteiger partial charge on any atom is 0.257 e. The number of hydrogen-bond donors (Lipinski definition) is 2. The zero-order valence-electron chi connectivity index (χ0n) is 15.4. The Morgan fingerprint density at radius 3 is 2.67 bits per heavy atom. The van der Waals surface area contributed by atoms with Gasteiger partial charge in [-0.05, 0) is 67.0 Å². The van der Waals surface area contributed by atoms with Crippen LogP contribution in [0.25, 0.3) is 10.9 Å². The van der Waals surface area contributed by atoms with E-state index in [1.807, 2.05) is 36.4 Å². The molecule has 0 aliphatic heterocycles. The number of anilines is 1. The average molecular weight is 378 g/mol. The van der Waals surface area contributed by atoms with Crippen LogP contribution in [0.2, 0.25) is 0 Å². The first kappa shape index (κ1) is 19.0. The van der Waals surface area contributed by atoms with Crippen molar-refractivity contribution in [2.24, 2.45) is 0 Å². The Balaban J connectivity index is 1.57. The molecule has 1 amide bonds. The molecule has 0 aliphatic carbocycles. The number of amides is 1. The average Bonchev–Trinajstić information content (AvgIpc) is 2.69. The summed E-state index contributed by atoms with van der Waals surface area (Å²) in [5.74, 6) is -0.241. The van der Waals surface area contributed by atoms with Crippen molar-refractivity contribution in [2.45, 2.75) is 32.6 Å². The number of benzene rings is 2. The number of hydrogen-bond acceptors (Lipinski definition) is 3. The Morgan fingerprint density at radius 1 is 1.07 bits per heavy atom. The van der Waals surface area contributed by atoms with Crippen molar-refractivity contribution < 1.29 is 4.79 Å². The first-order chi connectivity index (χ1) is 13.2. The van der Waals surface area contributed by atoms with E-state index in [0.29, 0.717) is 5.56 Å². The molecule has 4 nitrogen and oxygen atoms in total. The maximum atomic E-state index is 12.4. The molecule has 0 spiro atoms. The van der Waals surface area contributed by atoms with E-state index in [1.165, 1.54) is 24.8 Å². The summed E-state index contributed by atoms with van der Waals surface area (Å²) in [4.78, 5) is 16.7. The molecule has 0 atom stereocenters. The summed E-state index contributed by atoms with van der Waals surface area (Å²) in [5, 5.41) is 6.99. The molecule has 27 heavy (non-hydrogen) atoms. The third kappa shape index (κ3) is 5.34. The largest absolute Gasteiger partial charge is 0.332 e. The molecule has 2 aromatic carbocycles. The summed E-state index contributed by atoms with van der Waals surface area (Å²) in [5.41, 5.74) is 3.58. The summed E-state index contributed by atoms with van der Waals surface area (Å²) in [6.07, 6.45) is 6.50. The SMILES string of the molecule is CCCCCc1ccc(NC(=S)NC(=O)c2ccc3ncccc3c2)cc1. The Hall–Kier alpha value is -2.79. The zero-order valence-corrected chi connectivity index (χ0v) is 16.2. The quantitative estimate of drug-likeness (QED) is 0.464. The van der Waals surface area contributed by atoms with Crippen molar-refractivity contribution in [2.75, 3.05) is 5.32 Å². The smallest absolute Gasteiger partial charge is 0.257 e. The highest BCUT2D eigenvalue weighted by atomic mass is 32.1. The molecule has 3 aromatic rings. The van der Waals surface area contributed by atoms with E-state index >= 15 is 0 Å². The van der Waals surface area contributed by atoms with E-state index in [9.17, 15) is 4.79 Å². The minimum absolute atomic E-state index is 0.241. The van der Waals surface area contributed by atoms with Crippen LogP contribution in [0.4, 0.5) is 5.69 Å². The number of rotatable bonds is 6. The highest BCUT2D eigenvalue weighted by Crippen LogP contribution is 2.14. The number of aromatic nitrogens is 1. The van der Waals surface area contributed by atoms with Crippen molar-refractivity contribution in [1.82, 2.24) is 10.3 Å². The van der Waals surface area contributed by atoms with Gasteiger partial charge in [-0.2, -0.15) is 0 Å². The molecule has 0 saturated heterocycles. The number of pyridine rings is 1. The monoisotopic (exact) mass is 377 g/mol. The summed E-state index contributed by atoms with van der Waals surface area (Å²) in [7, 11) is 0. The normalized spacial score (nSPS) is 10.6. The molecule has 0 unspecified atom stereocenters. The lowest BCUT2D eigenvalue weighted by molar-refractivity contribution is 0.0978. The number of carbonyl (C=O) groups is 1. The summed E-state index contributed by atoms with van der Waals surface area (Å²) in [6, 6.07) is 17.3. The van der Waals surface area contributed by atoms with Crippen molar-refractivity contribution in [3.63, 3.8) is 0 Å². The molecule has 1 aromatic heterocycles. The fourth-order valence-corrected chi connectivity index (χ4v) is 3.10. The minimum atomic E-state index is -0.241. The molecule has 2 N–H and O–H groups in total. The van der Waals surface area contributed by atoms with Gasteiger partial charge in [0, 0.05) is 22.8 Å². The standard InChI is InChI=1S/C22H23N3OS/c1-2-3-4-6-16-8-11-19(12-9-16)24-22(27)25-21(26)18-10-13-20-17(15-18)7-5-14-23-20/h5,7-15H,2-4,6H2,1H3,(H2,24,25,26,27). The van der Waals surface area contributed by atoms with Crippen LogP contribution in [0.5, 0.6) is 0 Å². The van der Waals surface area contributed by atoms with E-state index in [2.05, 4.69) is 34.7 Å². The number of fused-ring (bicyclic) bond motifs is 1. The summed E-state index contributed by atoms with van der Waals surface area (Å²) < 4.78 is 0. The third-order valence-corrected chi connectivity index (χ3v) is 4.58. The van der Waals surface area contributed by atoms with Gasteiger partial charge >= 0.3 is 0 Å². The topological polar surface area (TPSA) is 54.0 Å². The number of nitrogens with one attached hydrogen (secondary N) is 2. The van der Waals surface area contributed by atoms with E-state index in [-0.39, 0.29) is 11.0 Å². The number of nitrogens with zero attached hydrogens (tertiary/aromatic N) is 1. The Bertz CT molecular complexity index is 938. The van der Waals surface area contributed by atoms with Gasteiger partial charge < -0.3 is 5.32 Å². The third-order valence-electron chi connectivity index (χ3n) is 4.37. The van der Waals surface area contributed by atoms with Crippen LogP contribution in [-0.2, 0) is 6.42 Å². The van der Waals surface area contributed by atoms with E-state index in [0.717, 1.165) is 23.0 Å². The van der Waals surface area contributed by atoms with Gasteiger partial charge in [-0.1, -0.05) is 38.0 Å². The number of carbonyl (C=O) groups excluding carboxylic acids is 1. The number of thiocarbonyl (C=S) groups is 1. The van der Waals surface area contributed by atoms with Gasteiger partial charge in [0.15, 0.2) is 5.11 Å². The van der Waals surface area contributed by atoms with E-state index in [1.54, 1.807) is 12.3 Å². The first-order valence-electron chi connectivity index (χ1n) is 9.22. The minimum Gasteiger partial charge on any atom is -0.332 e. The second-order valence-electron chi connectivity index (χ2n) is 6.47. The molecule has 1 heterocycles. The molecule has 138 valence electrons.